The lowest BCUT2D eigenvalue weighted by Gasteiger charge is -1.98. The van der Waals surface area contributed by atoms with E-state index in [1.54, 1.807) is 23.9 Å². The predicted octanol–water partition coefficient (Wildman–Crippen LogP) is 1.44. The van der Waals surface area contributed by atoms with Gasteiger partial charge >= 0.3 is 5.97 Å². The molecule has 4 nitrogen and oxygen atoms in total. The molecule has 0 bridgehead atoms. The molecule has 0 atom stereocenters. The average molecular weight is 210 g/mol. The normalized spacial score (nSPS) is 10.4. The van der Waals surface area contributed by atoms with Crippen molar-refractivity contribution in [3.8, 4) is 0 Å². The van der Waals surface area contributed by atoms with Gasteiger partial charge in [0.15, 0.2) is 0 Å². The fraction of sp³-hybridized carbons (Fsp3) is 0.111. The van der Waals surface area contributed by atoms with Gasteiger partial charge in [0, 0.05) is 17.2 Å². The second-order valence-corrected chi connectivity index (χ2v) is 3.30. The number of methoxy groups -OCH3 is 1. The largest absolute Gasteiger partial charge is 0.466 e. The molecule has 0 amide bonds. The van der Waals surface area contributed by atoms with Crippen LogP contribution in [0.4, 0.5) is 5.69 Å². The summed E-state index contributed by atoms with van der Waals surface area (Å²) in [5.74, 6) is -0.384. The van der Waals surface area contributed by atoms with Crippen LogP contribution >= 0.6 is 11.8 Å². The Hall–Kier alpha value is -1.49. The number of nitrogen functional groups attached to an aromatic ring is 1. The molecule has 1 rings (SSSR count). The van der Waals surface area contributed by atoms with Crippen molar-refractivity contribution in [2.45, 2.75) is 4.90 Å². The maximum absolute atomic E-state index is 10.7. The molecule has 5 heteroatoms. The van der Waals surface area contributed by atoms with E-state index in [4.69, 9.17) is 5.73 Å². The first-order valence-electron chi connectivity index (χ1n) is 3.84. The highest BCUT2D eigenvalue weighted by molar-refractivity contribution is 8.02. The summed E-state index contributed by atoms with van der Waals surface area (Å²) in [6, 6.07) is 1.78. The third-order valence-electron chi connectivity index (χ3n) is 1.41. The minimum atomic E-state index is -0.384. The standard InChI is InChI=1S/C9H10N2O2S/c1-13-9(12)3-5-14-8-2-4-11-6-7(8)10/h2-6H,10H2,1H3. The van der Waals surface area contributed by atoms with Gasteiger partial charge in [-0.3, -0.25) is 4.98 Å². The van der Waals surface area contributed by atoms with Crippen LogP contribution in [0.15, 0.2) is 34.8 Å². The molecule has 2 N–H and O–H groups in total. The van der Waals surface area contributed by atoms with Crippen molar-refractivity contribution in [2.75, 3.05) is 12.8 Å². The Morgan fingerprint density at radius 3 is 3.14 bits per heavy atom. The van der Waals surface area contributed by atoms with Crippen LogP contribution in [0.5, 0.6) is 0 Å². The van der Waals surface area contributed by atoms with E-state index in [0.717, 1.165) is 4.90 Å². The Kier molecular flexibility index (Phi) is 4.00. The van der Waals surface area contributed by atoms with Gasteiger partial charge in [-0.25, -0.2) is 4.79 Å². The van der Waals surface area contributed by atoms with Crippen molar-refractivity contribution in [1.82, 2.24) is 4.98 Å². The van der Waals surface area contributed by atoms with Crippen LogP contribution in [-0.4, -0.2) is 18.1 Å². The molecule has 0 spiro atoms. The lowest BCUT2D eigenvalue weighted by Crippen LogP contribution is -1.93. The summed E-state index contributed by atoms with van der Waals surface area (Å²) in [5, 5.41) is 1.62. The first kappa shape index (κ1) is 10.6. The number of nitrogens with two attached hydrogens (primary N) is 1. The summed E-state index contributed by atoms with van der Waals surface area (Å²) in [6.45, 7) is 0. The number of thioether (sulfide) groups is 1. The van der Waals surface area contributed by atoms with Crippen LogP contribution in [0.3, 0.4) is 0 Å². The Bertz CT molecular complexity index is 352. The van der Waals surface area contributed by atoms with Gasteiger partial charge in [-0.2, -0.15) is 0 Å². The van der Waals surface area contributed by atoms with Crippen LogP contribution in [0.2, 0.25) is 0 Å². The van der Waals surface area contributed by atoms with Crippen LogP contribution in [0.25, 0.3) is 0 Å². The molecular weight excluding hydrogens is 200 g/mol. The minimum Gasteiger partial charge on any atom is -0.466 e. The highest BCUT2D eigenvalue weighted by Crippen LogP contribution is 2.24. The summed E-state index contributed by atoms with van der Waals surface area (Å²) in [5.41, 5.74) is 6.23. The van der Waals surface area contributed by atoms with Crippen molar-refractivity contribution in [2.24, 2.45) is 0 Å². The third-order valence-corrected chi connectivity index (χ3v) is 2.31. The molecule has 0 aliphatic rings. The van der Waals surface area contributed by atoms with Gasteiger partial charge in [0.05, 0.1) is 19.0 Å². The SMILES string of the molecule is COC(=O)C=CSc1ccncc1N. The Morgan fingerprint density at radius 2 is 2.50 bits per heavy atom. The lowest BCUT2D eigenvalue weighted by atomic mass is 10.4. The van der Waals surface area contributed by atoms with E-state index in [2.05, 4.69) is 9.72 Å². The number of nitrogens with zero attached hydrogens (tertiary/aromatic N) is 1. The molecule has 0 aliphatic heterocycles. The zero-order chi connectivity index (χ0) is 10.4. The van der Waals surface area contributed by atoms with E-state index >= 15 is 0 Å². The summed E-state index contributed by atoms with van der Waals surface area (Å²) in [4.78, 5) is 15.4. The quantitative estimate of drug-likeness (QED) is 0.464. The molecule has 1 aromatic rings. The van der Waals surface area contributed by atoms with E-state index < -0.39 is 0 Å². The number of hydrogen-bond acceptors (Lipinski definition) is 5. The summed E-state index contributed by atoms with van der Waals surface area (Å²) >= 11 is 1.34. The highest BCUT2D eigenvalue weighted by Gasteiger charge is 1.96. The van der Waals surface area contributed by atoms with E-state index in [1.165, 1.54) is 24.9 Å². The zero-order valence-corrected chi connectivity index (χ0v) is 8.45. The minimum absolute atomic E-state index is 0.384. The second kappa shape index (κ2) is 5.29. The van der Waals surface area contributed by atoms with E-state index in [0.29, 0.717) is 5.69 Å². The van der Waals surface area contributed by atoms with E-state index in [9.17, 15) is 4.79 Å². The number of rotatable bonds is 3. The monoisotopic (exact) mass is 210 g/mol. The number of carbonyl (C=O) groups excluding carboxylic acids is 1. The number of pyridine rings is 1. The number of esters is 1. The van der Waals surface area contributed by atoms with Crippen LogP contribution in [0, 0.1) is 0 Å². The molecule has 14 heavy (non-hydrogen) atoms. The number of hydrogen-bond donors (Lipinski definition) is 1. The fourth-order valence-electron chi connectivity index (χ4n) is 0.732. The Morgan fingerprint density at radius 1 is 1.71 bits per heavy atom. The van der Waals surface area contributed by atoms with Crippen molar-refractivity contribution in [1.29, 1.82) is 0 Å². The zero-order valence-electron chi connectivity index (χ0n) is 7.64. The molecule has 0 aliphatic carbocycles. The lowest BCUT2D eigenvalue weighted by molar-refractivity contribution is -0.134. The average Bonchev–Trinajstić information content (AvgIpc) is 2.20. The smallest absolute Gasteiger partial charge is 0.330 e. The second-order valence-electron chi connectivity index (χ2n) is 2.36. The third kappa shape index (κ3) is 3.10. The van der Waals surface area contributed by atoms with Gasteiger partial charge < -0.3 is 10.5 Å². The summed E-state index contributed by atoms with van der Waals surface area (Å²) in [7, 11) is 1.33. The maximum atomic E-state index is 10.7. The molecule has 0 saturated heterocycles. The number of carbonyl (C=O) groups is 1. The van der Waals surface area contributed by atoms with Gasteiger partial charge in [0.25, 0.3) is 0 Å². The first-order chi connectivity index (χ1) is 6.74. The highest BCUT2D eigenvalue weighted by atomic mass is 32.2. The number of ether oxygens (including phenoxy) is 1. The van der Waals surface area contributed by atoms with Crippen molar-refractivity contribution in [3.63, 3.8) is 0 Å². The molecule has 1 heterocycles. The molecule has 0 unspecified atom stereocenters. The Labute approximate surface area is 86.2 Å². The van der Waals surface area contributed by atoms with Crippen LogP contribution in [-0.2, 0) is 9.53 Å². The van der Waals surface area contributed by atoms with Crippen molar-refractivity contribution in [3.05, 3.63) is 29.9 Å². The first-order valence-corrected chi connectivity index (χ1v) is 4.72. The molecule has 0 saturated carbocycles. The van der Waals surface area contributed by atoms with Crippen LogP contribution < -0.4 is 5.73 Å². The van der Waals surface area contributed by atoms with Gasteiger partial charge in [-0.1, -0.05) is 11.8 Å². The molecule has 1 aromatic heterocycles. The van der Waals surface area contributed by atoms with Crippen LogP contribution in [0.1, 0.15) is 0 Å². The summed E-state index contributed by atoms with van der Waals surface area (Å²) < 4.78 is 4.44. The van der Waals surface area contributed by atoms with E-state index in [1.807, 2.05) is 0 Å². The van der Waals surface area contributed by atoms with Gasteiger partial charge in [0.1, 0.15) is 0 Å². The number of anilines is 1. The topological polar surface area (TPSA) is 65.2 Å². The predicted molar refractivity (Wildman–Crippen MR) is 55.7 cm³/mol. The van der Waals surface area contributed by atoms with Gasteiger partial charge in [0.2, 0.25) is 0 Å². The van der Waals surface area contributed by atoms with Gasteiger partial charge in [-0.05, 0) is 11.5 Å². The fourth-order valence-corrected chi connectivity index (χ4v) is 1.39. The molecule has 74 valence electrons. The summed E-state index contributed by atoms with van der Waals surface area (Å²) in [6.07, 6.45) is 4.55. The maximum Gasteiger partial charge on any atom is 0.330 e. The molecule has 0 radical (unpaired) electrons. The van der Waals surface area contributed by atoms with Gasteiger partial charge in [-0.15, -0.1) is 0 Å². The Balaban J connectivity index is 2.58. The van der Waals surface area contributed by atoms with Crippen molar-refractivity contribution >= 4 is 23.4 Å². The van der Waals surface area contributed by atoms with E-state index in [-0.39, 0.29) is 5.97 Å². The van der Waals surface area contributed by atoms with Crippen molar-refractivity contribution < 1.29 is 9.53 Å². The molecule has 0 fully saturated rings. The molecule has 0 aromatic carbocycles. The number of aromatic nitrogens is 1. The molecular formula is C9H10N2O2S.